The van der Waals surface area contributed by atoms with Gasteiger partial charge in [-0.1, -0.05) is 11.6 Å². The van der Waals surface area contributed by atoms with Gasteiger partial charge in [-0.3, -0.25) is 4.79 Å². The Morgan fingerprint density at radius 2 is 2.05 bits per heavy atom. The first kappa shape index (κ1) is 15.3. The number of nitrogens with zero attached hydrogens (tertiary/aromatic N) is 1. The van der Waals surface area contributed by atoms with Crippen molar-refractivity contribution >= 4 is 28.5 Å². The second-order valence-electron chi connectivity index (χ2n) is 5.04. The lowest BCUT2D eigenvalue weighted by Crippen LogP contribution is -2.51. The maximum Gasteiger partial charge on any atom is 0.332 e. The lowest BCUT2D eigenvalue weighted by atomic mass is 10.1. The molecule has 7 heteroatoms. The van der Waals surface area contributed by atoms with Crippen LogP contribution in [0.3, 0.4) is 0 Å². The Morgan fingerprint density at radius 3 is 2.67 bits per heavy atom. The van der Waals surface area contributed by atoms with Crippen LogP contribution in [0.5, 0.6) is 0 Å². The molecule has 0 saturated heterocycles. The molecule has 0 aliphatic rings. The van der Waals surface area contributed by atoms with Crippen molar-refractivity contribution in [2.75, 3.05) is 6.61 Å². The zero-order valence-corrected chi connectivity index (χ0v) is 12.7. The van der Waals surface area contributed by atoms with E-state index < -0.39 is 22.8 Å². The van der Waals surface area contributed by atoms with Gasteiger partial charge in [-0.25, -0.2) is 14.2 Å². The van der Waals surface area contributed by atoms with Crippen molar-refractivity contribution in [3.63, 3.8) is 0 Å². The molecule has 21 heavy (non-hydrogen) atoms. The Balaban J connectivity index is 2.78. The van der Waals surface area contributed by atoms with Gasteiger partial charge in [0.2, 0.25) is 0 Å². The van der Waals surface area contributed by atoms with Gasteiger partial charge in [0.1, 0.15) is 5.54 Å². The molecule has 2 aromatic rings. The summed E-state index contributed by atoms with van der Waals surface area (Å²) < 4.78 is 5.78. The number of ether oxygens (including phenoxy) is 1. The minimum atomic E-state index is -1.42. The first-order chi connectivity index (χ1) is 9.78. The summed E-state index contributed by atoms with van der Waals surface area (Å²) in [6.45, 7) is 4.73. The summed E-state index contributed by atoms with van der Waals surface area (Å²) >= 11 is 5.88. The maximum absolute atomic E-state index is 12.5. The number of rotatable bonds is 3. The molecule has 0 radical (unpaired) electrons. The van der Waals surface area contributed by atoms with Crippen LogP contribution >= 0.6 is 11.6 Å². The lowest BCUT2D eigenvalue weighted by Gasteiger charge is -2.24. The van der Waals surface area contributed by atoms with Crippen LogP contribution in [-0.4, -0.2) is 22.1 Å². The van der Waals surface area contributed by atoms with Gasteiger partial charge in [0.15, 0.2) is 0 Å². The van der Waals surface area contributed by atoms with Crippen LogP contribution in [0.1, 0.15) is 20.8 Å². The number of aromatic nitrogens is 2. The molecule has 0 spiro atoms. The summed E-state index contributed by atoms with van der Waals surface area (Å²) in [5.74, 6) is -0.654. The highest BCUT2D eigenvalue weighted by atomic mass is 35.5. The van der Waals surface area contributed by atoms with Gasteiger partial charge < -0.3 is 9.72 Å². The van der Waals surface area contributed by atoms with Crippen LogP contribution in [0.2, 0.25) is 5.02 Å². The normalized spacial score (nSPS) is 11.6. The molecule has 0 aliphatic carbocycles. The molecule has 0 saturated carbocycles. The highest BCUT2D eigenvalue weighted by Crippen LogP contribution is 2.17. The summed E-state index contributed by atoms with van der Waals surface area (Å²) in [5, 5.41) is 0.603. The van der Waals surface area contributed by atoms with E-state index >= 15 is 0 Å². The number of hydrogen-bond donors (Lipinski definition) is 1. The van der Waals surface area contributed by atoms with E-state index in [9.17, 15) is 14.4 Å². The van der Waals surface area contributed by atoms with Gasteiger partial charge in [0.05, 0.1) is 17.5 Å². The van der Waals surface area contributed by atoms with E-state index in [1.165, 1.54) is 19.9 Å². The second-order valence-corrected chi connectivity index (χ2v) is 5.48. The smallest absolute Gasteiger partial charge is 0.332 e. The number of H-pyrrole nitrogens is 1. The fourth-order valence-corrected chi connectivity index (χ4v) is 2.27. The number of benzene rings is 1. The summed E-state index contributed by atoms with van der Waals surface area (Å²) in [4.78, 5) is 39.3. The molecule has 1 aromatic carbocycles. The molecule has 112 valence electrons. The molecule has 0 fully saturated rings. The number of halogens is 1. The highest BCUT2D eigenvalue weighted by molar-refractivity contribution is 6.31. The van der Waals surface area contributed by atoms with E-state index in [0.29, 0.717) is 10.5 Å². The zero-order chi connectivity index (χ0) is 15.8. The molecule has 0 aliphatic heterocycles. The van der Waals surface area contributed by atoms with Crippen molar-refractivity contribution in [1.29, 1.82) is 0 Å². The first-order valence-electron chi connectivity index (χ1n) is 6.41. The van der Waals surface area contributed by atoms with Gasteiger partial charge in [-0.15, -0.1) is 0 Å². The van der Waals surface area contributed by atoms with Crippen molar-refractivity contribution in [2.24, 2.45) is 0 Å². The third-order valence-corrected chi connectivity index (χ3v) is 3.43. The van der Waals surface area contributed by atoms with E-state index in [4.69, 9.17) is 16.3 Å². The molecule has 0 atom stereocenters. The van der Waals surface area contributed by atoms with Crippen LogP contribution < -0.4 is 11.2 Å². The Bertz CT molecular complexity index is 820. The number of carbonyl (C=O) groups excluding carboxylic acids is 1. The van der Waals surface area contributed by atoms with Gasteiger partial charge in [-0.2, -0.15) is 0 Å². The zero-order valence-electron chi connectivity index (χ0n) is 11.9. The predicted molar refractivity (Wildman–Crippen MR) is 79.8 cm³/mol. The fraction of sp³-hybridized carbons (Fsp3) is 0.357. The highest BCUT2D eigenvalue weighted by Gasteiger charge is 2.34. The number of esters is 1. The van der Waals surface area contributed by atoms with Crippen molar-refractivity contribution in [2.45, 2.75) is 26.3 Å². The van der Waals surface area contributed by atoms with E-state index in [1.54, 1.807) is 19.1 Å². The number of aromatic amines is 1. The molecule has 6 nitrogen and oxygen atoms in total. The second kappa shape index (κ2) is 5.37. The van der Waals surface area contributed by atoms with E-state index in [-0.39, 0.29) is 12.0 Å². The molecule has 2 rings (SSSR count). The topological polar surface area (TPSA) is 81.2 Å². The minimum absolute atomic E-state index is 0.161. The van der Waals surface area contributed by atoms with E-state index in [1.807, 2.05) is 0 Å². The summed E-state index contributed by atoms with van der Waals surface area (Å²) in [7, 11) is 0. The van der Waals surface area contributed by atoms with Crippen molar-refractivity contribution < 1.29 is 9.53 Å². The SMILES string of the molecule is CCOC(=O)C(C)(C)n1c(=O)[nH]c2ccc(Cl)cc2c1=O. The minimum Gasteiger partial charge on any atom is -0.464 e. The monoisotopic (exact) mass is 310 g/mol. The summed E-state index contributed by atoms with van der Waals surface area (Å²) in [6, 6.07) is 4.56. The van der Waals surface area contributed by atoms with Gasteiger partial charge in [0, 0.05) is 5.02 Å². The van der Waals surface area contributed by atoms with Crippen molar-refractivity contribution in [3.8, 4) is 0 Å². The molecule has 0 bridgehead atoms. The fourth-order valence-electron chi connectivity index (χ4n) is 2.09. The molecule has 0 amide bonds. The number of nitrogens with one attached hydrogen (secondary N) is 1. The average molecular weight is 311 g/mol. The van der Waals surface area contributed by atoms with Crippen molar-refractivity contribution in [1.82, 2.24) is 9.55 Å². The average Bonchev–Trinajstić information content (AvgIpc) is 2.40. The molecular weight excluding hydrogens is 296 g/mol. The van der Waals surface area contributed by atoms with Gasteiger partial charge in [-0.05, 0) is 39.0 Å². The van der Waals surface area contributed by atoms with Crippen LogP contribution in [0, 0.1) is 0 Å². The summed E-state index contributed by atoms with van der Waals surface area (Å²) in [6.07, 6.45) is 0. The Hall–Kier alpha value is -2.08. The third kappa shape index (κ3) is 2.58. The standard InChI is InChI=1S/C14H15ClN2O4/c1-4-21-12(19)14(2,3)17-11(18)9-7-8(15)5-6-10(9)16-13(17)20/h5-7H,4H2,1-3H3,(H,16,20). The number of fused-ring (bicyclic) bond motifs is 1. The number of carbonyl (C=O) groups is 1. The van der Waals surface area contributed by atoms with E-state index in [0.717, 1.165) is 4.57 Å². The molecule has 1 aromatic heterocycles. The summed E-state index contributed by atoms with van der Waals surface area (Å²) in [5.41, 5.74) is -2.32. The van der Waals surface area contributed by atoms with Crippen molar-refractivity contribution in [3.05, 3.63) is 44.1 Å². The molecule has 0 unspecified atom stereocenters. The Kier molecular flexibility index (Phi) is 3.91. The number of hydrogen-bond acceptors (Lipinski definition) is 4. The lowest BCUT2D eigenvalue weighted by molar-refractivity contribution is -0.152. The molecular formula is C14H15ClN2O4. The Morgan fingerprint density at radius 1 is 1.38 bits per heavy atom. The van der Waals surface area contributed by atoms with Gasteiger partial charge in [0.25, 0.3) is 5.56 Å². The van der Waals surface area contributed by atoms with Crippen LogP contribution in [0.4, 0.5) is 0 Å². The molecule has 1 N–H and O–H groups in total. The largest absolute Gasteiger partial charge is 0.464 e. The van der Waals surface area contributed by atoms with Crippen LogP contribution in [0.15, 0.2) is 27.8 Å². The predicted octanol–water partition coefficient (Wildman–Crippen LogP) is 1.64. The van der Waals surface area contributed by atoms with Crippen LogP contribution in [0.25, 0.3) is 10.9 Å². The van der Waals surface area contributed by atoms with Gasteiger partial charge >= 0.3 is 11.7 Å². The quantitative estimate of drug-likeness (QED) is 0.874. The maximum atomic E-state index is 12.5. The third-order valence-electron chi connectivity index (χ3n) is 3.19. The first-order valence-corrected chi connectivity index (χ1v) is 6.79. The van der Waals surface area contributed by atoms with Crippen LogP contribution in [-0.2, 0) is 15.1 Å². The molecule has 1 heterocycles. The Labute approximate surface area is 125 Å². The van der Waals surface area contributed by atoms with E-state index in [2.05, 4.69) is 4.98 Å².